The van der Waals surface area contributed by atoms with Gasteiger partial charge in [0.1, 0.15) is 0 Å². The summed E-state index contributed by atoms with van der Waals surface area (Å²) in [5, 5.41) is 2.68. The topological polar surface area (TPSA) is 62.2 Å². The van der Waals surface area contributed by atoms with Gasteiger partial charge in [-0.15, -0.1) is 11.3 Å². The highest BCUT2D eigenvalue weighted by atomic mass is 32.2. The van der Waals surface area contributed by atoms with Crippen molar-refractivity contribution in [1.29, 1.82) is 0 Å². The maximum Gasteiger partial charge on any atom is 0.233 e. The summed E-state index contributed by atoms with van der Waals surface area (Å²) in [7, 11) is 0. The molecule has 4 rings (SSSR count). The van der Waals surface area contributed by atoms with Gasteiger partial charge in [0.15, 0.2) is 5.16 Å². The highest BCUT2D eigenvalue weighted by Crippen LogP contribution is 2.24. The number of thiophene rings is 1. The molecule has 3 aromatic rings. The van der Waals surface area contributed by atoms with Gasteiger partial charge < -0.3 is 4.90 Å². The van der Waals surface area contributed by atoms with Crippen LogP contribution in [0.2, 0.25) is 0 Å². The first kappa shape index (κ1) is 20.0. The van der Waals surface area contributed by atoms with Crippen molar-refractivity contribution in [2.45, 2.75) is 18.1 Å². The highest BCUT2D eigenvalue weighted by Gasteiger charge is 2.19. The van der Waals surface area contributed by atoms with E-state index < -0.39 is 0 Å². The van der Waals surface area contributed by atoms with E-state index in [0.29, 0.717) is 10.9 Å². The predicted octanol–water partition coefficient (Wildman–Crippen LogP) is 3.43. The van der Waals surface area contributed by atoms with Gasteiger partial charge in [0, 0.05) is 51.3 Å². The van der Waals surface area contributed by atoms with Gasteiger partial charge in [-0.3, -0.25) is 14.7 Å². The van der Waals surface area contributed by atoms with Crippen LogP contribution in [0.5, 0.6) is 0 Å². The Hall–Kier alpha value is -2.29. The molecular weight excluding hydrogens is 402 g/mol. The molecule has 0 bridgehead atoms. The quantitative estimate of drug-likeness (QED) is 0.445. The smallest absolute Gasteiger partial charge is 0.233 e. The lowest BCUT2D eigenvalue weighted by Gasteiger charge is -2.22. The van der Waals surface area contributed by atoms with E-state index in [1.54, 1.807) is 17.5 Å². The van der Waals surface area contributed by atoms with Gasteiger partial charge in [0.25, 0.3) is 0 Å². The van der Waals surface area contributed by atoms with Crippen molar-refractivity contribution in [2.24, 2.45) is 0 Å². The predicted molar refractivity (Wildman–Crippen MR) is 117 cm³/mol. The monoisotopic (exact) mass is 425 g/mol. The standard InChI is InChI=1S/C21H23N5OS2/c27-20(16-29-21-23-9-6-18(24-21)19-3-1-14-28-19)26-11-2-10-25(12-13-26)15-17-4-7-22-8-5-17/h1,3-9,14H,2,10-13,15-16H2. The van der Waals surface area contributed by atoms with Crippen molar-refractivity contribution < 1.29 is 4.79 Å². The number of aromatic nitrogens is 3. The van der Waals surface area contributed by atoms with Gasteiger partial charge in [-0.25, -0.2) is 9.97 Å². The van der Waals surface area contributed by atoms with E-state index in [-0.39, 0.29) is 5.91 Å². The summed E-state index contributed by atoms with van der Waals surface area (Å²) in [4.78, 5) is 31.2. The van der Waals surface area contributed by atoms with Gasteiger partial charge in [-0.2, -0.15) is 0 Å². The molecule has 6 nitrogen and oxygen atoms in total. The Morgan fingerprint density at radius 1 is 1.07 bits per heavy atom. The van der Waals surface area contributed by atoms with Crippen LogP contribution >= 0.6 is 23.1 Å². The number of amides is 1. The van der Waals surface area contributed by atoms with E-state index in [0.717, 1.165) is 49.7 Å². The van der Waals surface area contributed by atoms with Crippen LogP contribution < -0.4 is 0 Å². The molecule has 29 heavy (non-hydrogen) atoms. The van der Waals surface area contributed by atoms with Crippen LogP contribution in [-0.2, 0) is 11.3 Å². The van der Waals surface area contributed by atoms with Crippen LogP contribution in [0.15, 0.2) is 59.5 Å². The molecule has 0 N–H and O–H groups in total. The first-order chi connectivity index (χ1) is 14.3. The van der Waals surface area contributed by atoms with Gasteiger partial charge in [0.05, 0.1) is 16.3 Å². The van der Waals surface area contributed by atoms with Crippen molar-refractivity contribution in [3.63, 3.8) is 0 Å². The number of pyridine rings is 1. The van der Waals surface area contributed by atoms with E-state index >= 15 is 0 Å². The third kappa shape index (κ3) is 5.62. The number of thioether (sulfide) groups is 1. The number of nitrogens with zero attached hydrogens (tertiary/aromatic N) is 5. The number of carbonyl (C=O) groups excluding carboxylic acids is 1. The summed E-state index contributed by atoms with van der Waals surface area (Å²) in [6.45, 7) is 4.37. The maximum absolute atomic E-state index is 12.7. The summed E-state index contributed by atoms with van der Waals surface area (Å²) >= 11 is 3.07. The molecule has 1 amide bonds. The summed E-state index contributed by atoms with van der Waals surface area (Å²) in [5.74, 6) is 0.531. The van der Waals surface area contributed by atoms with Crippen molar-refractivity contribution in [1.82, 2.24) is 24.8 Å². The van der Waals surface area contributed by atoms with Gasteiger partial charge >= 0.3 is 0 Å². The summed E-state index contributed by atoms with van der Waals surface area (Å²) in [6.07, 6.45) is 6.41. The SMILES string of the molecule is O=C(CSc1nccc(-c2cccs2)n1)N1CCCN(Cc2ccncc2)CC1. The first-order valence-corrected chi connectivity index (χ1v) is 11.5. The molecule has 0 spiro atoms. The molecule has 0 aliphatic carbocycles. The Balaban J connectivity index is 1.28. The number of hydrogen-bond donors (Lipinski definition) is 0. The minimum atomic E-state index is 0.158. The van der Waals surface area contributed by atoms with E-state index in [9.17, 15) is 4.79 Å². The van der Waals surface area contributed by atoms with E-state index in [1.165, 1.54) is 17.3 Å². The molecule has 1 aliphatic heterocycles. The molecule has 150 valence electrons. The summed E-state index contributed by atoms with van der Waals surface area (Å²) in [5.41, 5.74) is 2.17. The second-order valence-corrected chi connectivity index (χ2v) is 8.75. The molecule has 0 saturated carbocycles. The van der Waals surface area contributed by atoms with E-state index in [1.807, 2.05) is 40.9 Å². The van der Waals surface area contributed by atoms with Crippen molar-refractivity contribution in [3.05, 3.63) is 59.9 Å². The maximum atomic E-state index is 12.7. The van der Waals surface area contributed by atoms with Crippen LogP contribution in [0.1, 0.15) is 12.0 Å². The van der Waals surface area contributed by atoms with Crippen LogP contribution in [0.25, 0.3) is 10.6 Å². The second kappa shape index (κ2) is 9.96. The third-order valence-corrected chi connectivity index (χ3v) is 6.57. The Labute approximate surface area is 179 Å². The van der Waals surface area contributed by atoms with Crippen molar-refractivity contribution in [3.8, 4) is 10.6 Å². The van der Waals surface area contributed by atoms with Crippen LogP contribution in [0, 0.1) is 0 Å². The van der Waals surface area contributed by atoms with Crippen molar-refractivity contribution >= 4 is 29.0 Å². The third-order valence-electron chi connectivity index (χ3n) is 4.83. The zero-order valence-corrected chi connectivity index (χ0v) is 17.7. The van der Waals surface area contributed by atoms with Crippen LogP contribution in [0.3, 0.4) is 0 Å². The number of rotatable bonds is 6. The van der Waals surface area contributed by atoms with Crippen LogP contribution in [0.4, 0.5) is 0 Å². The van der Waals surface area contributed by atoms with Gasteiger partial charge in [-0.05, 0) is 41.6 Å². The average molecular weight is 426 g/mol. The molecule has 1 fully saturated rings. The fourth-order valence-corrected chi connectivity index (χ4v) is 4.74. The molecule has 3 aromatic heterocycles. The zero-order valence-electron chi connectivity index (χ0n) is 16.1. The molecule has 8 heteroatoms. The van der Waals surface area contributed by atoms with Crippen molar-refractivity contribution in [2.75, 3.05) is 31.9 Å². The van der Waals surface area contributed by atoms with E-state index in [2.05, 4.69) is 32.0 Å². The average Bonchev–Trinajstić information content (AvgIpc) is 3.20. The number of hydrogen-bond acceptors (Lipinski definition) is 7. The second-order valence-electron chi connectivity index (χ2n) is 6.86. The summed E-state index contributed by atoms with van der Waals surface area (Å²) in [6, 6.07) is 10.1. The lowest BCUT2D eigenvalue weighted by Crippen LogP contribution is -2.36. The van der Waals surface area contributed by atoms with E-state index in [4.69, 9.17) is 0 Å². The molecule has 0 radical (unpaired) electrons. The summed E-state index contributed by atoms with van der Waals surface area (Å²) < 4.78 is 0. The first-order valence-electron chi connectivity index (χ1n) is 9.67. The Morgan fingerprint density at radius 2 is 1.97 bits per heavy atom. The Bertz CT molecular complexity index is 920. The largest absolute Gasteiger partial charge is 0.341 e. The lowest BCUT2D eigenvalue weighted by atomic mass is 10.2. The van der Waals surface area contributed by atoms with Gasteiger partial charge in [0.2, 0.25) is 5.91 Å². The molecule has 0 aromatic carbocycles. The lowest BCUT2D eigenvalue weighted by molar-refractivity contribution is -0.128. The minimum Gasteiger partial charge on any atom is -0.341 e. The molecule has 0 atom stereocenters. The molecule has 1 aliphatic rings. The Kier molecular flexibility index (Phi) is 6.87. The van der Waals surface area contributed by atoms with Crippen LogP contribution in [-0.4, -0.2) is 62.6 Å². The molecule has 0 unspecified atom stereocenters. The fraction of sp³-hybridized carbons (Fsp3) is 0.333. The normalized spacial score (nSPS) is 15.2. The molecule has 4 heterocycles. The molecule has 1 saturated heterocycles. The zero-order chi connectivity index (χ0) is 19.9. The van der Waals surface area contributed by atoms with Gasteiger partial charge in [-0.1, -0.05) is 17.8 Å². The minimum absolute atomic E-state index is 0.158. The number of carbonyl (C=O) groups is 1. The fourth-order valence-electron chi connectivity index (χ4n) is 3.31. The Morgan fingerprint density at radius 3 is 2.79 bits per heavy atom. The molecular formula is C21H23N5OS2. The highest BCUT2D eigenvalue weighted by molar-refractivity contribution is 7.99.